The van der Waals surface area contributed by atoms with E-state index in [1.165, 1.54) is 6.07 Å². The first-order valence-corrected chi connectivity index (χ1v) is 6.03. The van der Waals surface area contributed by atoms with Crippen LogP contribution in [-0.2, 0) is 11.2 Å². The number of rotatable bonds is 6. The minimum Gasteiger partial charge on any atom is -0.480 e. The van der Waals surface area contributed by atoms with Crippen molar-refractivity contribution in [2.45, 2.75) is 45.6 Å². The smallest absolute Gasteiger partial charge is 0.329 e. The predicted molar refractivity (Wildman–Crippen MR) is 68.8 cm³/mol. The van der Waals surface area contributed by atoms with Crippen molar-refractivity contribution in [3.05, 3.63) is 22.2 Å². The molecule has 1 heterocycles. The first-order valence-electron chi connectivity index (χ1n) is 6.03. The zero-order chi connectivity index (χ0) is 13.8. The van der Waals surface area contributed by atoms with E-state index in [1.807, 2.05) is 13.8 Å². The molecule has 6 nitrogen and oxygen atoms in total. The van der Waals surface area contributed by atoms with Gasteiger partial charge in [0.25, 0.3) is 5.56 Å². The fraction of sp³-hybridized carbons (Fsp3) is 0.583. The molecule has 1 unspecified atom stereocenters. The number of nitrogens with one attached hydrogen (secondary N) is 2. The van der Waals surface area contributed by atoms with Crippen LogP contribution in [0.3, 0.4) is 0 Å². The first kappa shape index (κ1) is 14.2. The maximum atomic E-state index is 11.4. The van der Waals surface area contributed by atoms with Crippen LogP contribution in [0.1, 0.15) is 39.4 Å². The van der Waals surface area contributed by atoms with Crippen molar-refractivity contribution in [2.24, 2.45) is 0 Å². The largest absolute Gasteiger partial charge is 0.480 e. The molecule has 0 aliphatic heterocycles. The maximum Gasteiger partial charge on any atom is 0.329 e. The summed E-state index contributed by atoms with van der Waals surface area (Å²) >= 11 is 0. The molecule has 18 heavy (non-hydrogen) atoms. The van der Waals surface area contributed by atoms with Crippen LogP contribution in [-0.4, -0.2) is 26.6 Å². The highest BCUT2D eigenvalue weighted by Crippen LogP contribution is 2.18. The second-order valence-corrected chi connectivity index (χ2v) is 4.44. The van der Waals surface area contributed by atoms with E-state index in [2.05, 4.69) is 15.3 Å². The SMILES string of the molecule is CCCC(C)(Nc1cc(=O)[nH]c(CC)n1)C(=O)O. The van der Waals surface area contributed by atoms with Crippen LogP contribution in [0.15, 0.2) is 10.9 Å². The topological polar surface area (TPSA) is 95.1 Å². The van der Waals surface area contributed by atoms with Crippen LogP contribution in [0.25, 0.3) is 0 Å². The van der Waals surface area contributed by atoms with Crippen LogP contribution in [0.4, 0.5) is 5.82 Å². The predicted octanol–water partition coefficient (Wildman–Crippen LogP) is 1.39. The molecule has 1 aromatic heterocycles. The molecular formula is C12H19N3O3. The second kappa shape index (κ2) is 5.66. The lowest BCUT2D eigenvalue weighted by atomic mass is 9.96. The van der Waals surface area contributed by atoms with E-state index in [0.29, 0.717) is 24.5 Å². The molecule has 0 bridgehead atoms. The molecule has 0 radical (unpaired) electrons. The third-order valence-electron chi connectivity index (χ3n) is 2.75. The van der Waals surface area contributed by atoms with Gasteiger partial charge >= 0.3 is 5.97 Å². The monoisotopic (exact) mass is 253 g/mol. The minimum atomic E-state index is -1.11. The lowest BCUT2D eigenvalue weighted by Crippen LogP contribution is -2.43. The number of aliphatic carboxylic acids is 1. The summed E-state index contributed by atoms with van der Waals surface area (Å²) in [6.07, 6.45) is 1.76. The lowest BCUT2D eigenvalue weighted by Gasteiger charge is -2.26. The van der Waals surface area contributed by atoms with Gasteiger partial charge < -0.3 is 15.4 Å². The summed E-state index contributed by atoms with van der Waals surface area (Å²) in [7, 11) is 0. The number of hydrogen-bond acceptors (Lipinski definition) is 4. The average molecular weight is 253 g/mol. The molecule has 0 spiro atoms. The van der Waals surface area contributed by atoms with Crippen molar-refractivity contribution in [3.63, 3.8) is 0 Å². The van der Waals surface area contributed by atoms with Gasteiger partial charge in [-0.2, -0.15) is 0 Å². The van der Waals surface area contributed by atoms with Crippen molar-refractivity contribution < 1.29 is 9.90 Å². The molecule has 0 saturated carbocycles. The van der Waals surface area contributed by atoms with Crippen LogP contribution in [0, 0.1) is 0 Å². The number of aromatic amines is 1. The summed E-state index contributed by atoms with van der Waals surface area (Å²) < 4.78 is 0. The van der Waals surface area contributed by atoms with Crippen LogP contribution in [0.2, 0.25) is 0 Å². The molecule has 1 rings (SSSR count). The molecule has 1 atom stereocenters. The van der Waals surface area contributed by atoms with E-state index in [-0.39, 0.29) is 5.56 Å². The van der Waals surface area contributed by atoms with E-state index < -0.39 is 11.5 Å². The second-order valence-electron chi connectivity index (χ2n) is 4.44. The Morgan fingerprint density at radius 1 is 1.56 bits per heavy atom. The molecule has 0 amide bonds. The molecule has 0 saturated heterocycles. The van der Waals surface area contributed by atoms with E-state index in [1.54, 1.807) is 6.92 Å². The van der Waals surface area contributed by atoms with Crippen molar-refractivity contribution in [1.29, 1.82) is 0 Å². The maximum absolute atomic E-state index is 11.4. The Kier molecular flexibility index (Phi) is 4.47. The number of carboxylic acid groups (broad SMARTS) is 1. The van der Waals surface area contributed by atoms with Crippen molar-refractivity contribution in [1.82, 2.24) is 9.97 Å². The normalized spacial score (nSPS) is 13.9. The number of hydrogen-bond donors (Lipinski definition) is 3. The summed E-state index contributed by atoms with van der Waals surface area (Å²) in [4.78, 5) is 29.4. The van der Waals surface area contributed by atoms with Crippen molar-refractivity contribution >= 4 is 11.8 Å². The highest BCUT2D eigenvalue weighted by Gasteiger charge is 2.32. The average Bonchev–Trinajstić information content (AvgIpc) is 2.28. The Bertz CT molecular complexity index is 484. The Balaban J connectivity index is 3.04. The summed E-state index contributed by atoms with van der Waals surface area (Å²) in [6.45, 7) is 5.36. The van der Waals surface area contributed by atoms with Gasteiger partial charge in [-0.15, -0.1) is 0 Å². The molecule has 100 valence electrons. The number of H-pyrrole nitrogens is 1. The molecule has 0 aromatic carbocycles. The lowest BCUT2D eigenvalue weighted by molar-refractivity contribution is -0.142. The van der Waals surface area contributed by atoms with E-state index in [4.69, 9.17) is 0 Å². The van der Waals surface area contributed by atoms with Gasteiger partial charge in [0.05, 0.1) is 0 Å². The Labute approximate surface area is 105 Å². The summed E-state index contributed by atoms with van der Waals surface area (Å²) in [6, 6.07) is 1.27. The zero-order valence-corrected chi connectivity index (χ0v) is 10.9. The molecule has 6 heteroatoms. The van der Waals surface area contributed by atoms with Gasteiger partial charge in [0.15, 0.2) is 0 Å². The number of aromatic nitrogens is 2. The highest BCUT2D eigenvalue weighted by molar-refractivity contribution is 5.81. The zero-order valence-electron chi connectivity index (χ0n) is 10.9. The van der Waals surface area contributed by atoms with Gasteiger partial charge in [0, 0.05) is 12.5 Å². The third kappa shape index (κ3) is 3.32. The molecule has 0 fully saturated rings. The van der Waals surface area contributed by atoms with Gasteiger partial charge in [0.2, 0.25) is 0 Å². The van der Waals surface area contributed by atoms with E-state index >= 15 is 0 Å². The van der Waals surface area contributed by atoms with Crippen molar-refractivity contribution in [3.8, 4) is 0 Å². The highest BCUT2D eigenvalue weighted by atomic mass is 16.4. The fourth-order valence-electron chi connectivity index (χ4n) is 1.75. The Morgan fingerprint density at radius 2 is 2.22 bits per heavy atom. The summed E-state index contributed by atoms with van der Waals surface area (Å²) in [5, 5.41) is 12.1. The van der Waals surface area contributed by atoms with Crippen molar-refractivity contribution in [2.75, 3.05) is 5.32 Å². The van der Waals surface area contributed by atoms with Crippen LogP contribution in [0.5, 0.6) is 0 Å². The van der Waals surface area contributed by atoms with E-state index in [0.717, 1.165) is 6.42 Å². The molecule has 1 aromatic rings. The quantitative estimate of drug-likeness (QED) is 0.712. The molecule has 0 aliphatic carbocycles. The third-order valence-corrected chi connectivity index (χ3v) is 2.75. The Morgan fingerprint density at radius 3 is 2.72 bits per heavy atom. The van der Waals surface area contributed by atoms with Crippen LogP contribution < -0.4 is 10.9 Å². The molecule has 3 N–H and O–H groups in total. The number of nitrogens with zero attached hydrogens (tertiary/aromatic N) is 1. The van der Waals surface area contributed by atoms with Crippen LogP contribution >= 0.6 is 0 Å². The standard InChI is InChI=1S/C12H19N3O3/c1-4-6-12(3,11(17)18)15-9-7-10(16)14-8(5-2)13-9/h7H,4-6H2,1-3H3,(H,17,18)(H2,13,14,15,16). The fourth-order valence-corrected chi connectivity index (χ4v) is 1.75. The summed E-state index contributed by atoms with van der Waals surface area (Å²) in [5.74, 6) is -0.118. The molecular weight excluding hydrogens is 234 g/mol. The van der Waals surface area contributed by atoms with Gasteiger partial charge in [-0.05, 0) is 13.3 Å². The first-order chi connectivity index (χ1) is 8.41. The van der Waals surface area contributed by atoms with Gasteiger partial charge in [-0.3, -0.25) is 4.79 Å². The minimum absolute atomic E-state index is 0.284. The number of aryl methyl sites for hydroxylation is 1. The molecule has 0 aliphatic rings. The van der Waals surface area contributed by atoms with Gasteiger partial charge in [-0.1, -0.05) is 20.3 Å². The Hall–Kier alpha value is -1.85. The van der Waals surface area contributed by atoms with Gasteiger partial charge in [0.1, 0.15) is 17.2 Å². The number of carbonyl (C=O) groups is 1. The summed E-state index contributed by atoms with van der Waals surface area (Å²) in [5.41, 5.74) is -1.39. The van der Waals surface area contributed by atoms with Gasteiger partial charge in [-0.25, -0.2) is 9.78 Å². The number of anilines is 1. The number of carboxylic acids is 1. The van der Waals surface area contributed by atoms with E-state index in [9.17, 15) is 14.7 Å².